The molecule has 1 heterocycles. The molecule has 0 unspecified atom stereocenters. The molecule has 5 heteroatoms. The van der Waals surface area contributed by atoms with E-state index < -0.39 is 0 Å². The number of nitrogens with one attached hydrogen (secondary N) is 1. The molecule has 1 aromatic heterocycles. The summed E-state index contributed by atoms with van der Waals surface area (Å²) in [6.45, 7) is 12.3. The summed E-state index contributed by atoms with van der Waals surface area (Å²) >= 11 is 0. The molecule has 1 N–H and O–H groups in total. The molecule has 0 radical (unpaired) electrons. The van der Waals surface area contributed by atoms with E-state index in [4.69, 9.17) is 9.72 Å². The molecule has 172 valence electrons. The lowest BCUT2D eigenvalue weighted by atomic mass is 9.96. The zero-order chi connectivity index (χ0) is 23.1. The highest BCUT2D eigenvalue weighted by molar-refractivity contribution is 5.81. The van der Waals surface area contributed by atoms with Crippen molar-refractivity contribution in [1.29, 1.82) is 0 Å². The van der Waals surface area contributed by atoms with Gasteiger partial charge in [0.15, 0.2) is 0 Å². The Balaban J connectivity index is 1.54. The summed E-state index contributed by atoms with van der Waals surface area (Å²) in [7, 11) is 0. The van der Waals surface area contributed by atoms with Crippen molar-refractivity contribution in [1.82, 2.24) is 14.9 Å². The summed E-state index contributed by atoms with van der Waals surface area (Å²) in [4.78, 5) is 16.9. The van der Waals surface area contributed by atoms with E-state index in [1.54, 1.807) is 0 Å². The number of carbonyl (C=O) groups is 1. The number of imidazole rings is 1. The van der Waals surface area contributed by atoms with Gasteiger partial charge in [-0.2, -0.15) is 0 Å². The van der Waals surface area contributed by atoms with Gasteiger partial charge in [0.1, 0.15) is 11.6 Å². The lowest BCUT2D eigenvalue weighted by Crippen LogP contribution is -2.35. The Labute approximate surface area is 192 Å². The van der Waals surface area contributed by atoms with Gasteiger partial charge in [0.25, 0.3) is 0 Å². The van der Waals surface area contributed by atoms with Crippen molar-refractivity contribution in [2.75, 3.05) is 13.2 Å². The largest absolute Gasteiger partial charge is 0.493 e. The number of hydrogen-bond acceptors (Lipinski definition) is 3. The standard InChI is InChI=1S/C27H37N3O2/c1-20-12-10-15-24(21(20)2)32-19-9-8-18-30-23-14-7-6-13-22(23)29-25(30)16-11-17-28-26(31)27(3,4)5/h6-7,10,12-15H,8-9,11,16-19H2,1-5H3,(H,28,31). The molecule has 0 saturated heterocycles. The minimum Gasteiger partial charge on any atom is -0.493 e. The number of carbonyl (C=O) groups excluding carboxylic acids is 1. The maximum Gasteiger partial charge on any atom is 0.225 e. The fraction of sp³-hybridized carbons (Fsp3) is 0.481. The number of aromatic nitrogens is 2. The molecule has 0 saturated carbocycles. The van der Waals surface area contributed by atoms with Crippen LogP contribution in [0.4, 0.5) is 0 Å². The van der Waals surface area contributed by atoms with Crippen molar-refractivity contribution >= 4 is 16.9 Å². The van der Waals surface area contributed by atoms with Gasteiger partial charge in [-0.15, -0.1) is 0 Å². The third-order valence-corrected chi connectivity index (χ3v) is 5.87. The van der Waals surface area contributed by atoms with Gasteiger partial charge in [-0.3, -0.25) is 4.79 Å². The number of para-hydroxylation sites is 2. The third-order valence-electron chi connectivity index (χ3n) is 5.87. The van der Waals surface area contributed by atoms with E-state index in [0.717, 1.165) is 49.3 Å². The molecule has 2 aromatic carbocycles. The van der Waals surface area contributed by atoms with Crippen LogP contribution >= 0.6 is 0 Å². The second-order valence-corrected chi connectivity index (χ2v) is 9.53. The van der Waals surface area contributed by atoms with Crippen LogP contribution in [0.15, 0.2) is 42.5 Å². The maximum atomic E-state index is 12.1. The molecule has 0 aliphatic rings. The summed E-state index contributed by atoms with van der Waals surface area (Å²) in [5.74, 6) is 2.16. The van der Waals surface area contributed by atoms with Gasteiger partial charge in [0, 0.05) is 24.9 Å². The predicted octanol–water partition coefficient (Wildman–Crippen LogP) is 5.61. The molecule has 5 nitrogen and oxygen atoms in total. The smallest absolute Gasteiger partial charge is 0.225 e. The highest BCUT2D eigenvalue weighted by Gasteiger charge is 2.20. The molecule has 3 rings (SSSR count). The molecule has 0 aliphatic carbocycles. The van der Waals surface area contributed by atoms with Gasteiger partial charge in [-0.1, -0.05) is 45.0 Å². The predicted molar refractivity (Wildman–Crippen MR) is 131 cm³/mol. The Kier molecular flexibility index (Phi) is 7.94. The fourth-order valence-electron chi connectivity index (χ4n) is 3.71. The number of ether oxygens (including phenoxy) is 1. The lowest BCUT2D eigenvalue weighted by molar-refractivity contribution is -0.128. The van der Waals surface area contributed by atoms with Crippen LogP contribution in [-0.4, -0.2) is 28.6 Å². The zero-order valence-electron chi connectivity index (χ0n) is 20.2. The Morgan fingerprint density at radius 2 is 1.81 bits per heavy atom. The van der Waals surface area contributed by atoms with E-state index >= 15 is 0 Å². The number of amides is 1. The topological polar surface area (TPSA) is 56.1 Å². The molecular formula is C27H37N3O2. The van der Waals surface area contributed by atoms with Crippen LogP contribution in [0.1, 0.15) is 57.0 Å². The molecule has 32 heavy (non-hydrogen) atoms. The maximum absolute atomic E-state index is 12.1. The number of rotatable bonds is 10. The van der Waals surface area contributed by atoms with Crippen molar-refractivity contribution in [2.45, 2.75) is 66.8 Å². The zero-order valence-corrected chi connectivity index (χ0v) is 20.2. The van der Waals surface area contributed by atoms with Gasteiger partial charge in [-0.25, -0.2) is 4.98 Å². The molecule has 0 bridgehead atoms. The molecule has 3 aromatic rings. The average Bonchev–Trinajstić information content (AvgIpc) is 3.10. The van der Waals surface area contributed by atoms with Gasteiger partial charge in [0.05, 0.1) is 17.6 Å². The van der Waals surface area contributed by atoms with Crippen LogP contribution in [0.2, 0.25) is 0 Å². The van der Waals surface area contributed by atoms with E-state index in [1.807, 2.05) is 39.0 Å². The van der Waals surface area contributed by atoms with Crippen molar-refractivity contribution < 1.29 is 9.53 Å². The lowest BCUT2D eigenvalue weighted by Gasteiger charge is -2.17. The summed E-state index contributed by atoms with van der Waals surface area (Å²) < 4.78 is 8.35. The fourth-order valence-corrected chi connectivity index (χ4v) is 3.71. The second-order valence-electron chi connectivity index (χ2n) is 9.53. The number of benzene rings is 2. The van der Waals surface area contributed by atoms with E-state index in [0.29, 0.717) is 13.2 Å². The molecule has 1 amide bonds. The molecular weight excluding hydrogens is 398 g/mol. The second kappa shape index (κ2) is 10.7. The Hall–Kier alpha value is -2.82. The monoisotopic (exact) mass is 435 g/mol. The molecule has 0 aliphatic heterocycles. The first-order valence-corrected chi connectivity index (χ1v) is 11.7. The van der Waals surface area contributed by atoms with Crippen LogP contribution in [0.25, 0.3) is 11.0 Å². The van der Waals surface area contributed by atoms with Crippen molar-refractivity contribution in [3.63, 3.8) is 0 Å². The SMILES string of the molecule is Cc1cccc(OCCCCn2c(CCCNC(=O)C(C)(C)C)nc3ccccc32)c1C. The average molecular weight is 436 g/mol. The Bertz CT molecular complexity index is 1050. The van der Waals surface area contributed by atoms with Crippen LogP contribution < -0.4 is 10.1 Å². The van der Waals surface area contributed by atoms with Crippen molar-refractivity contribution in [3.05, 3.63) is 59.4 Å². The summed E-state index contributed by atoms with van der Waals surface area (Å²) in [5, 5.41) is 3.04. The first-order valence-electron chi connectivity index (χ1n) is 11.7. The number of fused-ring (bicyclic) bond motifs is 1. The van der Waals surface area contributed by atoms with E-state index in [2.05, 4.69) is 48.0 Å². The summed E-state index contributed by atoms with van der Waals surface area (Å²) in [6.07, 6.45) is 3.74. The highest BCUT2D eigenvalue weighted by atomic mass is 16.5. The van der Waals surface area contributed by atoms with Crippen molar-refractivity contribution in [3.8, 4) is 5.75 Å². The van der Waals surface area contributed by atoms with E-state index in [1.165, 1.54) is 16.6 Å². The van der Waals surface area contributed by atoms with Crippen LogP contribution in [0.5, 0.6) is 5.75 Å². The first-order chi connectivity index (χ1) is 15.3. The minimum atomic E-state index is -0.355. The van der Waals surface area contributed by atoms with Gasteiger partial charge in [0.2, 0.25) is 5.91 Å². The molecule has 0 spiro atoms. The normalized spacial score (nSPS) is 11.7. The van der Waals surface area contributed by atoms with Crippen LogP contribution in [0, 0.1) is 19.3 Å². The number of nitrogens with zero attached hydrogens (tertiary/aromatic N) is 2. The Morgan fingerprint density at radius 3 is 2.59 bits per heavy atom. The number of hydrogen-bond donors (Lipinski definition) is 1. The minimum absolute atomic E-state index is 0.0925. The highest BCUT2D eigenvalue weighted by Crippen LogP contribution is 2.21. The summed E-state index contributed by atoms with van der Waals surface area (Å²) in [6, 6.07) is 14.5. The Morgan fingerprint density at radius 1 is 1.03 bits per heavy atom. The third kappa shape index (κ3) is 6.12. The molecule has 0 atom stereocenters. The number of unbranched alkanes of at least 4 members (excludes halogenated alkanes) is 1. The van der Waals surface area contributed by atoms with E-state index in [-0.39, 0.29) is 11.3 Å². The van der Waals surface area contributed by atoms with Crippen LogP contribution in [-0.2, 0) is 17.8 Å². The van der Waals surface area contributed by atoms with Crippen LogP contribution in [0.3, 0.4) is 0 Å². The first kappa shape index (κ1) is 23.8. The summed E-state index contributed by atoms with van der Waals surface area (Å²) in [5.41, 5.74) is 4.33. The molecule has 0 fully saturated rings. The van der Waals surface area contributed by atoms with E-state index in [9.17, 15) is 4.79 Å². The van der Waals surface area contributed by atoms with Gasteiger partial charge in [-0.05, 0) is 62.4 Å². The number of aryl methyl sites for hydroxylation is 3. The quantitative estimate of drug-likeness (QED) is 0.421. The van der Waals surface area contributed by atoms with Crippen molar-refractivity contribution in [2.24, 2.45) is 5.41 Å². The van der Waals surface area contributed by atoms with Gasteiger partial charge < -0.3 is 14.6 Å². The van der Waals surface area contributed by atoms with Gasteiger partial charge >= 0.3 is 0 Å².